The molecular formula is C33H39N7O6. The summed E-state index contributed by atoms with van der Waals surface area (Å²) in [6.45, 7) is 9.02. The lowest BCUT2D eigenvalue weighted by molar-refractivity contribution is -0.114. The number of aromatic amines is 1. The molecule has 1 amide bonds. The number of amides is 1. The third-order valence-electron chi connectivity index (χ3n) is 6.93. The standard InChI is InChI=1S/C33H39N7O6/c1-7-9-15-27-34-31(39(6)28(41)18-21(3)4)29(32(42)45-22(5)46-33(43)44-8-2)40(27)20-23-16-17-25(24-13-11-10-12-14-24)26(19-23)30-35-37-38-36-30/h10-14,16-19,22H,7-9,15,20H2,1-6H3,(H,35,36,37,38). The summed E-state index contributed by atoms with van der Waals surface area (Å²) in [5, 5.41) is 14.7. The van der Waals surface area contributed by atoms with Crippen LogP contribution >= 0.6 is 0 Å². The lowest BCUT2D eigenvalue weighted by Crippen LogP contribution is -2.29. The van der Waals surface area contributed by atoms with Gasteiger partial charge in [0, 0.05) is 38.6 Å². The zero-order valence-electron chi connectivity index (χ0n) is 26.9. The summed E-state index contributed by atoms with van der Waals surface area (Å²) < 4.78 is 17.2. The molecule has 2 heterocycles. The number of tetrazole rings is 1. The van der Waals surface area contributed by atoms with Gasteiger partial charge in [0.15, 0.2) is 11.5 Å². The molecular weight excluding hydrogens is 590 g/mol. The van der Waals surface area contributed by atoms with Gasteiger partial charge in [0.2, 0.25) is 12.1 Å². The molecule has 0 saturated heterocycles. The molecule has 0 spiro atoms. The van der Waals surface area contributed by atoms with Crippen LogP contribution in [0.3, 0.4) is 0 Å². The van der Waals surface area contributed by atoms with Crippen LogP contribution in [0.4, 0.5) is 10.6 Å². The average Bonchev–Trinajstić information content (AvgIpc) is 3.68. The van der Waals surface area contributed by atoms with E-state index in [0.717, 1.165) is 40.7 Å². The molecule has 0 aliphatic heterocycles. The summed E-state index contributed by atoms with van der Waals surface area (Å²) in [5.41, 5.74) is 4.25. The molecule has 1 atom stereocenters. The molecule has 2 aromatic carbocycles. The number of esters is 1. The molecule has 46 heavy (non-hydrogen) atoms. The fraction of sp³-hybridized carbons (Fsp3) is 0.364. The lowest BCUT2D eigenvalue weighted by atomic mass is 9.97. The van der Waals surface area contributed by atoms with E-state index >= 15 is 0 Å². The molecule has 4 aromatic rings. The first-order valence-corrected chi connectivity index (χ1v) is 15.1. The fourth-order valence-corrected chi connectivity index (χ4v) is 4.79. The van der Waals surface area contributed by atoms with E-state index in [1.165, 1.54) is 17.9 Å². The van der Waals surface area contributed by atoms with Crippen molar-refractivity contribution in [1.29, 1.82) is 0 Å². The predicted octanol–water partition coefficient (Wildman–Crippen LogP) is 5.73. The van der Waals surface area contributed by atoms with Crippen LogP contribution in [0.1, 0.15) is 69.3 Å². The third kappa shape index (κ3) is 8.23. The fourth-order valence-electron chi connectivity index (χ4n) is 4.79. The van der Waals surface area contributed by atoms with Gasteiger partial charge in [0.05, 0.1) is 6.61 Å². The summed E-state index contributed by atoms with van der Waals surface area (Å²) in [6.07, 6.45) is 1.44. The summed E-state index contributed by atoms with van der Waals surface area (Å²) in [4.78, 5) is 45.0. The van der Waals surface area contributed by atoms with E-state index in [1.54, 1.807) is 32.4 Å². The number of hydrogen-bond acceptors (Lipinski definition) is 10. The van der Waals surface area contributed by atoms with Crippen LogP contribution < -0.4 is 4.90 Å². The number of carbonyl (C=O) groups excluding carboxylic acids is 3. The van der Waals surface area contributed by atoms with Crippen molar-refractivity contribution in [1.82, 2.24) is 30.2 Å². The van der Waals surface area contributed by atoms with Crippen LogP contribution in [-0.2, 0) is 32.0 Å². The molecule has 13 heteroatoms. The summed E-state index contributed by atoms with van der Waals surface area (Å²) in [5.74, 6) is -0.0506. The molecule has 0 radical (unpaired) electrons. The second kappa shape index (κ2) is 15.6. The Bertz CT molecular complexity index is 1680. The number of imidazole rings is 1. The van der Waals surface area contributed by atoms with Gasteiger partial charge in [-0.05, 0) is 55.2 Å². The van der Waals surface area contributed by atoms with E-state index in [-0.39, 0.29) is 30.6 Å². The molecule has 0 saturated carbocycles. The van der Waals surface area contributed by atoms with Crippen molar-refractivity contribution in [2.75, 3.05) is 18.6 Å². The second-order valence-electron chi connectivity index (χ2n) is 10.8. The van der Waals surface area contributed by atoms with Gasteiger partial charge in [-0.1, -0.05) is 61.4 Å². The van der Waals surface area contributed by atoms with Crippen molar-refractivity contribution in [2.45, 2.75) is 66.7 Å². The average molecular weight is 630 g/mol. The second-order valence-corrected chi connectivity index (χ2v) is 10.8. The molecule has 4 rings (SSSR count). The summed E-state index contributed by atoms with van der Waals surface area (Å²) in [7, 11) is 1.55. The number of anilines is 1. The van der Waals surface area contributed by atoms with Gasteiger partial charge in [-0.2, -0.15) is 5.21 Å². The Morgan fingerprint density at radius 2 is 1.80 bits per heavy atom. The Balaban J connectivity index is 1.83. The number of carbonyl (C=O) groups is 3. The van der Waals surface area contributed by atoms with Gasteiger partial charge in [-0.3, -0.25) is 9.69 Å². The highest BCUT2D eigenvalue weighted by atomic mass is 16.8. The van der Waals surface area contributed by atoms with Gasteiger partial charge in [0.1, 0.15) is 5.82 Å². The smallest absolute Gasteiger partial charge is 0.435 e. The van der Waals surface area contributed by atoms with Crippen molar-refractivity contribution in [3.05, 3.63) is 77.3 Å². The number of nitrogens with one attached hydrogen (secondary N) is 1. The van der Waals surface area contributed by atoms with E-state index in [4.69, 9.17) is 19.2 Å². The predicted molar refractivity (Wildman–Crippen MR) is 171 cm³/mol. The van der Waals surface area contributed by atoms with Crippen molar-refractivity contribution in [3.63, 3.8) is 0 Å². The minimum atomic E-state index is -1.27. The number of aromatic nitrogens is 6. The lowest BCUT2D eigenvalue weighted by Gasteiger charge is -2.19. The minimum Gasteiger partial charge on any atom is -0.435 e. The topological polar surface area (TPSA) is 154 Å². The van der Waals surface area contributed by atoms with Crippen LogP contribution in [0.25, 0.3) is 22.5 Å². The Kier molecular flexibility index (Phi) is 11.4. The van der Waals surface area contributed by atoms with Crippen molar-refractivity contribution in [3.8, 4) is 22.5 Å². The van der Waals surface area contributed by atoms with Gasteiger partial charge in [-0.25, -0.2) is 14.6 Å². The first kappa shape index (κ1) is 33.6. The monoisotopic (exact) mass is 629 g/mol. The van der Waals surface area contributed by atoms with Gasteiger partial charge < -0.3 is 18.8 Å². The Labute approximate surface area is 267 Å². The minimum absolute atomic E-state index is 0.0386. The Morgan fingerprint density at radius 3 is 2.46 bits per heavy atom. The maximum Gasteiger partial charge on any atom is 0.511 e. The van der Waals surface area contributed by atoms with E-state index in [1.807, 2.05) is 48.5 Å². The molecule has 13 nitrogen and oxygen atoms in total. The largest absolute Gasteiger partial charge is 0.511 e. The first-order valence-electron chi connectivity index (χ1n) is 15.1. The number of ether oxygens (including phenoxy) is 3. The number of likely N-dealkylation sites (N-methyl/N-ethyl adjacent to an activating group) is 1. The van der Waals surface area contributed by atoms with E-state index in [0.29, 0.717) is 18.1 Å². The van der Waals surface area contributed by atoms with Gasteiger partial charge >= 0.3 is 12.1 Å². The van der Waals surface area contributed by atoms with Crippen molar-refractivity contribution < 1.29 is 28.6 Å². The number of hydrogen-bond donors (Lipinski definition) is 1. The summed E-state index contributed by atoms with van der Waals surface area (Å²) in [6, 6.07) is 15.7. The molecule has 242 valence electrons. The number of rotatable bonds is 13. The number of H-pyrrole nitrogens is 1. The Morgan fingerprint density at radius 1 is 1.04 bits per heavy atom. The van der Waals surface area contributed by atoms with Crippen LogP contribution in [0, 0.1) is 0 Å². The highest BCUT2D eigenvalue weighted by Gasteiger charge is 2.30. The molecule has 0 aliphatic rings. The van der Waals surface area contributed by atoms with Gasteiger partial charge in [0.25, 0.3) is 5.91 Å². The SMILES string of the molecule is CCCCc1nc(N(C)C(=O)C=C(C)C)c(C(=O)OC(C)OC(=O)OCC)n1Cc1ccc(-c2ccccc2)c(-c2nn[nH]n2)c1. The molecule has 0 aliphatic carbocycles. The number of unbranched alkanes of at least 4 members (excludes halogenated alkanes) is 1. The van der Waals surface area contributed by atoms with Crippen LogP contribution in [0.15, 0.2) is 60.2 Å². The number of benzene rings is 2. The highest BCUT2D eigenvalue weighted by molar-refractivity contribution is 6.05. The van der Waals surface area contributed by atoms with E-state index < -0.39 is 18.4 Å². The maximum absolute atomic E-state index is 13.9. The van der Waals surface area contributed by atoms with Crippen molar-refractivity contribution >= 4 is 23.8 Å². The molecule has 1 unspecified atom stereocenters. The molecule has 0 fully saturated rings. The van der Waals surface area contributed by atoms with Crippen LogP contribution in [-0.4, -0.2) is 68.2 Å². The zero-order valence-corrected chi connectivity index (χ0v) is 26.9. The van der Waals surface area contributed by atoms with E-state index in [9.17, 15) is 14.4 Å². The maximum atomic E-state index is 13.9. The number of allylic oxidation sites excluding steroid dienone is 1. The van der Waals surface area contributed by atoms with Crippen LogP contribution in [0.5, 0.6) is 0 Å². The van der Waals surface area contributed by atoms with Gasteiger partial charge in [-0.15, -0.1) is 10.2 Å². The highest BCUT2D eigenvalue weighted by Crippen LogP contribution is 2.32. The summed E-state index contributed by atoms with van der Waals surface area (Å²) >= 11 is 0. The van der Waals surface area contributed by atoms with E-state index in [2.05, 4.69) is 27.5 Å². The Hall–Kier alpha value is -5.33. The molecule has 1 N–H and O–H groups in total. The third-order valence-corrected chi connectivity index (χ3v) is 6.93. The number of aryl methyl sites for hydroxylation is 1. The van der Waals surface area contributed by atoms with Crippen LogP contribution in [0.2, 0.25) is 0 Å². The van der Waals surface area contributed by atoms with Crippen molar-refractivity contribution in [2.24, 2.45) is 0 Å². The number of nitrogens with zero attached hydrogens (tertiary/aromatic N) is 6. The normalized spacial score (nSPS) is 11.4. The molecule has 2 aromatic heterocycles. The first-order chi connectivity index (χ1) is 22.1. The molecule has 0 bridgehead atoms. The zero-order chi connectivity index (χ0) is 33.2. The quantitative estimate of drug-likeness (QED) is 0.110.